The molecule has 0 amide bonds. The van der Waals surface area contributed by atoms with Crippen molar-refractivity contribution in [2.45, 2.75) is 27.2 Å². The summed E-state index contributed by atoms with van der Waals surface area (Å²) in [6, 6.07) is 15.5. The van der Waals surface area contributed by atoms with Gasteiger partial charge in [0.15, 0.2) is 5.11 Å². The molecule has 0 spiro atoms. The van der Waals surface area contributed by atoms with Gasteiger partial charge in [-0.25, -0.2) is 9.97 Å². The number of thiocarbonyl (C=S) groups is 1. The third-order valence-electron chi connectivity index (χ3n) is 4.65. The van der Waals surface area contributed by atoms with Crippen LogP contribution >= 0.6 is 23.8 Å². The van der Waals surface area contributed by atoms with E-state index in [0.717, 1.165) is 34.7 Å². The fourth-order valence-corrected chi connectivity index (χ4v) is 3.56. The summed E-state index contributed by atoms with van der Waals surface area (Å²) < 4.78 is 5.21. The maximum absolute atomic E-state index is 6.32. The largest absolute Gasteiger partial charge is 0.497 e. The van der Waals surface area contributed by atoms with Crippen LogP contribution in [0.4, 0.5) is 11.6 Å². The molecule has 0 radical (unpaired) electrons. The van der Waals surface area contributed by atoms with E-state index >= 15 is 0 Å². The summed E-state index contributed by atoms with van der Waals surface area (Å²) in [6.07, 6.45) is 0.745. The Balaban J connectivity index is 1.73. The van der Waals surface area contributed by atoms with Crippen molar-refractivity contribution < 1.29 is 4.74 Å². The number of halogens is 1. The predicted molar refractivity (Wildman–Crippen MR) is 140 cm³/mol. The summed E-state index contributed by atoms with van der Waals surface area (Å²) in [5.41, 5.74) is 4.64. The molecule has 0 fully saturated rings. The number of hydrogen-bond donors (Lipinski definition) is 3. The van der Waals surface area contributed by atoms with Gasteiger partial charge in [0.05, 0.1) is 17.8 Å². The molecule has 3 aromatic rings. The number of nitrogens with one attached hydrogen (secondary N) is 3. The van der Waals surface area contributed by atoms with Gasteiger partial charge in [-0.1, -0.05) is 29.8 Å². The SMILES string of the molecule is COc1ccc(CCN=C(NC(=S)Nc2ccc(C)cc2Cl)Nc2nc(C)cc(C)n2)cc1. The van der Waals surface area contributed by atoms with Crippen LogP contribution in [0, 0.1) is 20.8 Å². The highest BCUT2D eigenvalue weighted by atomic mass is 35.5. The first-order valence-corrected chi connectivity index (χ1v) is 11.2. The molecule has 1 heterocycles. The molecule has 1 aromatic heterocycles. The van der Waals surface area contributed by atoms with Crippen LogP contribution in [0.1, 0.15) is 22.5 Å². The van der Waals surface area contributed by atoms with Crippen LogP contribution in [0.25, 0.3) is 0 Å². The van der Waals surface area contributed by atoms with Crippen LogP contribution in [-0.2, 0) is 6.42 Å². The molecular weight excluding hydrogens is 456 g/mol. The Bertz CT molecular complexity index is 1130. The van der Waals surface area contributed by atoms with E-state index in [2.05, 4.69) is 30.9 Å². The van der Waals surface area contributed by atoms with Crippen molar-refractivity contribution in [3.05, 3.63) is 76.1 Å². The van der Waals surface area contributed by atoms with Gasteiger partial charge in [-0.2, -0.15) is 0 Å². The Morgan fingerprint density at radius 3 is 2.33 bits per heavy atom. The second kappa shape index (κ2) is 11.6. The van der Waals surface area contributed by atoms with E-state index in [1.165, 1.54) is 0 Å². The summed E-state index contributed by atoms with van der Waals surface area (Å²) in [4.78, 5) is 13.5. The van der Waals surface area contributed by atoms with Crippen LogP contribution in [-0.4, -0.2) is 34.7 Å². The smallest absolute Gasteiger partial charge is 0.229 e. The van der Waals surface area contributed by atoms with Gasteiger partial charge >= 0.3 is 0 Å². The van der Waals surface area contributed by atoms with Crippen LogP contribution < -0.4 is 20.7 Å². The maximum Gasteiger partial charge on any atom is 0.229 e. The maximum atomic E-state index is 6.32. The third kappa shape index (κ3) is 7.69. The van der Waals surface area contributed by atoms with Gasteiger partial charge in [0, 0.05) is 17.9 Å². The molecule has 33 heavy (non-hydrogen) atoms. The topological polar surface area (TPSA) is 83.5 Å². The fraction of sp³-hybridized carbons (Fsp3) is 0.250. The van der Waals surface area contributed by atoms with Crippen molar-refractivity contribution in [1.82, 2.24) is 15.3 Å². The van der Waals surface area contributed by atoms with E-state index in [1.54, 1.807) is 7.11 Å². The second-order valence-corrected chi connectivity index (χ2v) is 8.31. The van der Waals surface area contributed by atoms with Crippen molar-refractivity contribution in [1.29, 1.82) is 0 Å². The number of hydrogen-bond acceptors (Lipinski definition) is 5. The standard InChI is InChI=1S/C24H27ClN6OS/c1-15-5-10-21(20(25)13-15)29-24(33)31-22(30-23-27-16(2)14-17(3)28-23)26-12-11-18-6-8-19(32-4)9-7-18/h5-10,13-14H,11-12H2,1-4H3,(H3,26,27,28,29,30,31,33). The van der Waals surface area contributed by atoms with E-state index in [0.29, 0.717) is 34.3 Å². The van der Waals surface area contributed by atoms with E-state index in [1.807, 2.05) is 69.3 Å². The molecule has 7 nitrogen and oxygen atoms in total. The van der Waals surface area contributed by atoms with Gasteiger partial charge in [0.2, 0.25) is 11.9 Å². The highest BCUT2D eigenvalue weighted by Gasteiger charge is 2.09. The predicted octanol–water partition coefficient (Wildman–Crippen LogP) is 5.06. The highest BCUT2D eigenvalue weighted by Crippen LogP contribution is 2.22. The zero-order valence-corrected chi connectivity index (χ0v) is 20.6. The van der Waals surface area contributed by atoms with E-state index in [-0.39, 0.29) is 0 Å². The van der Waals surface area contributed by atoms with Gasteiger partial charge in [0.25, 0.3) is 0 Å². The molecule has 2 aromatic carbocycles. The average molecular weight is 483 g/mol. The number of aromatic nitrogens is 2. The Labute approximate surface area is 204 Å². The minimum absolute atomic E-state index is 0.348. The number of guanidine groups is 1. The zero-order valence-electron chi connectivity index (χ0n) is 19.1. The molecule has 0 bridgehead atoms. The Morgan fingerprint density at radius 1 is 1.00 bits per heavy atom. The van der Waals surface area contributed by atoms with Crippen molar-refractivity contribution in [2.24, 2.45) is 4.99 Å². The first kappa shape index (κ1) is 24.4. The van der Waals surface area contributed by atoms with Gasteiger partial charge in [-0.15, -0.1) is 0 Å². The number of ether oxygens (including phenoxy) is 1. The lowest BCUT2D eigenvalue weighted by Gasteiger charge is -2.15. The van der Waals surface area contributed by atoms with Crippen molar-refractivity contribution in [3.63, 3.8) is 0 Å². The first-order chi connectivity index (χ1) is 15.8. The average Bonchev–Trinajstić information content (AvgIpc) is 2.75. The van der Waals surface area contributed by atoms with Crippen molar-refractivity contribution in [2.75, 3.05) is 24.3 Å². The van der Waals surface area contributed by atoms with Gasteiger partial charge in [-0.3, -0.25) is 10.3 Å². The van der Waals surface area contributed by atoms with Crippen LogP contribution in [0.15, 0.2) is 53.5 Å². The number of methoxy groups -OCH3 is 1. The summed E-state index contributed by atoms with van der Waals surface area (Å²) >= 11 is 11.8. The first-order valence-electron chi connectivity index (χ1n) is 10.4. The molecule has 3 N–H and O–H groups in total. The van der Waals surface area contributed by atoms with Crippen molar-refractivity contribution >= 4 is 46.5 Å². The van der Waals surface area contributed by atoms with Crippen LogP contribution in [0.3, 0.4) is 0 Å². The number of anilines is 2. The lowest BCUT2D eigenvalue weighted by Crippen LogP contribution is -2.39. The molecular formula is C24H27ClN6OS. The zero-order chi connectivity index (χ0) is 23.8. The quantitative estimate of drug-likeness (QED) is 0.257. The van der Waals surface area contributed by atoms with Crippen LogP contribution in [0.5, 0.6) is 5.75 Å². The summed E-state index contributed by atoms with van der Waals surface area (Å²) in [5, 5.41) is 10.3. The lowest BCUT2D eigenvalue weighted by atomic mass is 10.1. The summed E-state index contributed by atoms with van der Waals surface area (Å²) in [7, 11) is 1.65. The number of nitrogens with zero attached hydrogens (tertiary/aromatic N) is 3. The minimum Gasteiger partial charge on any atom is -0.497 e. The normalized spacial score (nSPS) is 11.1. The van der Waals surface area contributed by atoms with E-state index < -0.39 is 0 Å². The second-order valence-electron chi connectivity index (χ2n) is 7.49. The van der Waals surface area contributed by atoms with Gasteiger partial charge < -0.3 is 15.4 Å². The van der Waals surface area contributed by atoms with E-state index in [9.17, 15) is 0 Å². The molecule has 0 aliphatic carbocycles. The molecule has 172 valence electrons. The van der Waals surface area contributed by atoms with Crippen LogP contribution in [0.2, 0.25) is 5.02 Å². The molecule has 0 unspecified atom stereocenters. The monoisotopic (exact) mass is 482 g/mol. The van der Waals surface area contributed by atoms with Crippen molar-refractivity contribution in [3.8, 4) is 5.75 Å². The third-order valence-corrected chi connectivity index (χ3v) is 5.16. The Morgan fingerprint density at radius 2 is 1.70 bits per heavy atom. The molecule has 0 saturated carbocycles. The summed E-state index contributed by atoms with van der Waals surface area (Å²) in [6.45, 7) is 6.34. The number of aliphatic imine (C=N–C) groups is 1. The lowest BCUT2D eigenvalue weighted by molar-refractivity contribution is 0.414. The molecule has 3 rings (SSSR count). The number of aryl methyl sites for hydroxylation is 3. The Hall–Kier alpha value is -3.23. The summed E-state index contributed by atoms with van der Waals surface area (Å²) in [5.74, 6) is 1.71. The molecule has 0 atom stereocenters. The van der Waals surface area contributed by atoms with Gasteiger partial charge in [0.1, 0.15) is 5.75 Å². The molecule has 9 heteroatoms. The molecule has 0 saturated heterocycles. The molecule has 0 aliphatic heterocycles. The number of benzene rings is 2. The fourth-order valence-electron chi connectivity index (χ4n) is 3.07. The highest BCUT2D eigenvalue weighted by molar-refractivity contribution is 7.80. The minimum atomic E-state index is 0.348. The van der Waals surface area contributed by atoms with E-state index in [4.69, 9.17) is 28.6 Å². The molecule has 0 aliphatic rings. The number of rotatable bonds is 6. The Kier molecular flexibility index (Phi) is 8.57. The van der Waals surface area contributed by atoms with Gasteiger partial charge in [-0.05, 0) is 80.9 Å².